The third kappa shape index (κ3) is 5.50. The second-order valence-electron chi connectivity index (χ2n) is 10.2. The minimum Gasteiger partial charge on any atom is -0.350 e. The smallest absolute Gasteiger partial charge is 0.226 e. The Morgan fingerprint density at radius 3 is 2.76 bits per heavy atom. The Kier molecular flexibility index (Phi) is 7.41. The van der Waals surface area contributed by atoms with Gasteiger partial charge < -0.3 is 15.5 Å². The zero-order chi connectivity index (χ0) is 24.6. The molecule has 0 aliphatic carbocycles. The van der Waals surface area contributed by atoms with Crippen LogP contribution >= 0.6 is 23.4 Å². The first-order chi connectivity index (χ1) is 16.0. The normalized spacial score (nSPS) is 21.5. The van der Waals surface area contributed by atoms with E-state index in [0.29, 0.717) is 31.2 Å². The number of piperazine rings is 1. The number of anilines is 1. The molecule has 4 rings (SSSR count). The van der Waals surface area contributed by atoms with Gasteiger partial charge in [0.15, 0.2) is 0 Å². The fourth-order valence-corrected chi connectivity index (χ4v) is 6.28. The lowest BCUT2D eigenvalue weighted by molar-refractivity contribution is -0.137. The Morgan fingerprint density at radius 1 is 1.32 bits per heavy atom. The molecule has 3 atom stereocenters. The molecule has 1 aromatic carbocycles. The van der Waals surface area contributed by atoms with Gasteiger partial charge in [0.2, 0.25) is 5.91 Å². The first-order valence-electron chi connectivity index (χ1n) is 11.8. The molecule has 1 amide bonds. The summed E-state index contributed by atoms with van der Waals surface area (Å²) >= 11 is 7.87. The van der Waals surface area contributed by atoms with Crippen molar-refractivity contribution in [2.24, 2.45) is 11.7 Å². The van der Waals surface area contributed by atoms with E-state index in [1.807, 2.05) is 30.5 Å². The van der Waals surface area contributed by atoms with Crippen molar-refractivity contribution in [1.29, 1.82) is 0 Å². The van der Waals surface area contributed by atoms with Crippen LogP contribution in [0.1, 0.15) is 56.2 Å². The van der Waals surface area contributed by atoms with Crippen molar-refractivity contribution in [3.63, 3.8) is 0 Å². The van der Waals surface area contributed by atoms with Gasteiger partial charge in [0.1, 0.15) is 18.0 Å². The van der Waals surface area contributed by atoms with Gasteiger partial charge in [-0.1, -0.05) is 17.7 Å². The fraction of sp³-hybridized carbons (Fsp3) is 0.560. The van der Waals surface area contributed by atoms with Crippen LogP contribution < -0.4 is 10.6 Å². The molecule has 1 aromatic heterocycles. The highest BCUT2D eigenvalue weighted by Gasteiger charge is 2.36. The van der Waals surface area contributed by atoms with Crippen LogP contribution in [-0.4, -0.2) is 52.0 Å². The molecule has 6 nitrogen and oxygen atoms in total. The van der Waals surface area contributed by atoms with Crippen molar-refractivity contribution in [2.45, 2.75) is 63.1 Å². The Bertz CT molecular complexity index is 1060. The van der Waals surface area contributed by atoms with Gasteiger partial charge in [-0.25, -0.2) is 14.4 Å². The molecule has 1 fully saturated rings. The van der Waals surface area contributed by atoms with Crippen LogP contribution in [0, 0.1) is 11.7 Å². The largest absolute Gasteiger partial charge is 0.350 e. The number of halogens is 2. The molecule has 2 aliphatic rings. The maximum Gasteiger partial charge on any atom is 0.226 e. The summed E-state index contributed by atoms with van der Waals surface area (Å²) in [6.07, 6.45) is 2.66. The molecule has 0 bridgehead atoms. The second-order valence-corrected chi connectivity index (χ2v) is 11.9. The van der Waals surface area contributed by atoms with Gasteiger partial charge >= 0.3 is 0 Å². The zero-order valence-electron chi connectivity index (χ0n) is 20.2. The van der Waals surface area contributed by atoms with E-state index in [1.54, 1.807) is 18.5 Å². The first-order valence-corrected chi connectivity index (χ1v) is 13.2. The van der Waals surface area contributed by atoms with E-state index in [9.17, 15) is 9.18 Å². The lowest BCUT2D eigenvalue weighted by Gasteiger charge is -2.42. The third-order valence-electron chi connectivity index (χ3n) is 6.62. The third-order valence-corrected chi connectivity index (χ3v) is 8.09. The van der Waals surface area contributed by atoms with Crippen LogP contribution in [0.25, 0.3) is 0 Å². The van der Waals surface area contributed by atoms with E-state index >= 15 is 0 Å². The van der Waals surface area contributed by atoms with Crippen LogP contribution in [0.5, 0.6) is 0 Å². The van der Waals surface area contributed by atoms with Crippen LogP contribution in [0.2, 0.25) is 5.02 Å². The molecule has 34 heavy (non-hydrogen) atoms. The quantitative estimate of drug-likeness (QED) is 0.618. The summed E-state index contributed by atoms with van der Waals surface area (Å²) < 4.78 is 13.6. The lowest BCUT2D eigenvalue weighted by Crippen LogP contribution is -2.56. The molecule has 3 heterocycles. The molecular formula is C25H33ClFN5OS. The van der Waals surface area contributed by atoms with Crippen LogP contribution in [0.3, 0.4) is 0 Å². The van der Waals surface area contributed by atoms with E-state index in [4.69, 9.17) is 17.3 Å². The molecule has 1 unspecified atom stereocenters. The van der Waals surface area contributed by atoms with Crippen LogP contribution in [0.4, 0.5) is 10.2 Å². The molecule has 2 N–H and O–H groups in total. The molecular weight excluding hydrogens is 473 g/mol. The van der Waals surface area contributed by atoms with Gasteiger partial charge in [0.25, 0.3) is 0 Å². The predicted molar refractivity (Wildman–Crippen MR) is 137 cm³/mol. The summed E-state index contributed by atoms with van der Waals surface area (Å²) in [6, 6.07) is 4.78. The van der Waals surface area contributed by atoms with Gasteiger partial charge in [0.05, 0.1) is 10.7 Å². The Morgan fingerprint density at radius 2 is 2.09 bits per heavy atom. The number of amides is 1. The second kappa shape index (κ2) is 9.99. The van der Waals surface area contributed by atoms with Gasteiger partial charge in [-0.15, -0.1) is 11.8 Å². The van der Waals surface area contributed by atoms with Gasteiger partial charge in [-0.05, 0) is 58.2 Å². The maximum atomic E-state index is 13.7. The number of thioether (sulfide) groups is 1. The van der Waals surface area contributed by atoms with Crippen molar-refractivity contribution in [1.82, 2.24) is 14.9 Å². The number of fused-ring (bicyclic) bond motifs is 1. The van der Waals surface area contributed by atoms with Crippen LogP contribution in [0.15, 0.2) is 24.5 Å². The van der Waals surface area contributed by atoms with E-state index in [2.05, 4.69) is 28.7 Å². The SMILES string of the molecule is C[C@H]1SCc2ncnc(N3CCN(C(=O)C(Cc4ccc(F)c(Cl)c4)CC(C)(C)N)C[C@@H]3C)c21. The number of carbonyl (C=O) groups is 1. The van der Waals surface area contributed by atoms with Crippen molar-refractivity contribution < 1.29 is 9.18 Å². The van der Waals surface area contributed by atoms with Crippen LogP contribution in [-0.2, 0) is 17.0 Å². The van der Waals surface area contributed by atoms with Gasteiger partial charge in [-0.2, -0.15) is 0 Å². The summed E-state index contributed by atoms with van der Waals surface area (Å²) in [7, 11) is 0. The Labute approximate surface area is 210 Å². The van der Waals surface area contributed by atoms with Gasteiger partial charge in [0, 0.05) is 53.7 Å². The minimum atomic E-state index is -0.507. The molecule has 0 saturated carbocycles. The van der Waals surface area contributed by atoms with E-state index in [0.717, 1.165) is 29.4 Å². The van der Waals surface area contributed by atoms with Gasteiger partial charge in [-0.3, -0.25) is 4.79 Å². The monoisotopic (exact) mass is 505 g/mol. The number of aromatic nitrogens is 2. The molecule has 1 saturated heterocycles. The van der Waals surface area contributed by atoms with E-state index in [-0.39, 0.29) is 22.9 Å². The topological polar surface area (TPSA) is 75.4 Å². The zero-order valence-corrected chi connectivity index (χ0v) is 21.8. The molecule has 0 radical (unpaired) electrons. The fourth-order valence-electron chi connectivity index (χ4n) is 5.03. The molecule has 2 aliphatic heterocycles. The van der Waals surface area contributed by atoms with Crippen molar-refractivity contribution in [3.8, 4) is 0 Å². The van der Waals surface area contributed by atoms with E-state index < -0.39 is 11.4 Å². The van der Waals surface area contributed by atoms with Crippen molar-refractivity contribution >= 4 is 35.1 Å². The minimum absolute atomic E-state index is 0.0720. The summed E-state index contributed by atoms with van der Waals surface area (Å²) in [4.78, 5) is 27.0. The molecule has 2 aromatic rings. The number of hydrogen-bond acceptors (Lipinski definition) is 6. The molecule has 184 valence electrons. The summed E-state index contributed by atoms with van der Waals surface area (Å²) in [5, 5.41) is 0.444. The van der Waals surface area contributed by atoms with E-state index in [1.165, 1.54) is 11.6 Å². The number of carbonyl (C=O) groups excluding carboxylic acids is 1. The number of hydrogen-bond donors (Lipinski definition) is 1. The highest BCUT2D eigenvalue weighted by Crippen LogP contribution is 2.44. The van der Waals surface area contributed by atoms with Crippen molar-refractivity contribution in [2.75, 3.05) is 24.5 Å². The highest BCUT2D eigenvalue weighted by molar-refractivity contribution is 7.99. The average molecular weight is 506 g/mol. The number of rotatable bonds is 6. The number of nitrogens with two attached hydrogens (primary N) is 1. The number of nitrogens with zero attached hydrogens (tertiary/aromatic N) is 4. The number of benzene rings is 1. The predicted octanol–water partition coefficient (Wildman–Crippen LogP) is 4.60. The lowest BCUT2D eigenvalue weighted by atomic mass is 9.86. The average Bonchev–Trinajstić information content (AvgIpc) is 3.15. The molecule has 9 heteroatoms. The maximum absolute atomic E-state index is 13.7. The first kappa shape index (κ1) is 25.2. The summed E-state index contributed by atoms with van der Waals surface area (Å²) in [5.74, 6) is 1.24. The summed E-state index contributed by atoms with van der Waals surface area (Å²) in [5.41, 5.74) is 9.00. The Hall–Kier alpha value is -1.90. The summed E-state index contributed by atoms with van der Waals surface area (Å²) in [6.45, 7) is 10.2. The Balaban J connectivity index is 1.50. The standard InChI is InChI=1S/C25H33ClFN5OS/c1-15-12-31(7-8-32(15)23-22-16(2)34-13-21(22)29-14-30-23)24(33)18(11-25(3,4)28)9-17-5-6-20(27)19(26)10-17/h5-6,10,14-16,18H,7-9,11-13,28H2,1-4H3/t15-,16+,18?/m0/s1. The molecule has 0 spiro atoms. The highest BCUT2D eigenvalue weighted by atomic mass is 35.5. The van der Waals surface area contributed by atoms with Crippen molar-refractivity contribution in [3.05, 3.63) is 52.2 Å².